The van der Waals surface area contributed by atoms with Gasteiger partial charge in [-0.2, -0.15) is 0 Å². The van der Waals surface area contributed by atoms with Gasteiger partial charge in [-0.15, -0.1) is 0 Å². The maximum atomic E-state index is 6.90. The molecule has 0 fully saturated rings. The van der Waals surface area contributed by atoms with E-state index in [1.54, 1.807) is 0 Å². The minimum absolute atomic E-state index is 0.123. The Morgan fingerprint density at radius 2 is 1.68 bits per heavy atom. The molecule has 2 nitrogen and oxygen atoms in total. The predicted octanol–water partition coefficient (Wildman–Crippen LogP) is 7.87. The first-order valence-corrected chi connectivity index (χ1v) is 13.4. The molecule has 3 rings (SSSR count). The van der Waals surface area contributed by atoms with Crippen molar-refractivity contribution in [3.8, 4) is 5.88 Å². The van der Waals surface area contributed by atoms with Gasteiger partial charge in [0.2, 0.25) is 0 Å². The summed E-state index contributed by atoms with van der Waals surface area (Å²) in [5, 5.41) is 1.33. The number of hydrogen-bond donors (Lipinski definition) is 0. The molecule has 0 aliphatic rings. The smallest absolute Gasteiger partial charge is 0.252 e. The molecule has 0 unspecified atom stereocenters. The van der Waals surface area contributed by atoms with Gasteiger partial charge in [0.25, 0.3) is 8.32 Å². The zero-order valence-electron chi connectivity index (χ0n) is 17.8. The van der Waals surface area contributed by atoms with Crippen LogP contribution in [0.25, 0.3) is 16.5 Å². The number of halogens is 1. The lowest BCUT2D eigenvalue weighted by atomic mass is 10.1. The lowest BCUT2D eigenvalue weighted by Gasteiger charge is -2.37. The maximum absolute atomic E-state index is 6.90. The third-order valence-electron chi connectivity index (χ3n) is 5.76. The normalized spacial score (nSPS) is 12.4. The van der Waals surface area contributed by atoms with E-state index in [0.29, 0.717) is 0 Å². The first-order valence-electron chi connectivity index (χ1n) is 9.72. The van der Waals surface area contributed by atoms with Crippen molar-refractivity contribution in [2.24, 2.45) is 0 Å². The number of nitrogens with zero attached hydrogens (tertiary/aromatic N) is 1. The summed E-state index contributed by atoms with van der Waals surface area (Å²) in [4.78, 5) is 0. The summed E-state index contributed by atoms with van der Waals surface area (Å²) < 4.78 is 10.3. The molecule has 0 atom stereocenters. The molecule has 4 heteroatoms. The van der Waals surface area contributed by atoms with Crippen LogP contribution in [0.2, 0.25) is 18.1 Å². The van der Waals surface area contributed by atoms with E-state index >= 15 is 0 Å². The van der Waals surface area contributed by atoms with E-state index < -0.39 is 8.32 Å². The van der Waals surface area contributed by atoms with Crippen LogP contribution in [0.15, 0.2) is 59.6 Å². The molecule has 3 aromatic rings. The number of aromatic nitrogens is 1. The Morgan fingerprint density at radius 3 is 2.25 bits per heavy atom. The van der Waals surface area contributed by atoms with Gasteiger partial charge in [-0.25, -0.2) is 0 Å². The highest BCUT2D eigenvalue weighted by molar-refractivity contribution is 9.10. The first kappa shape index (κ1) is 20.9. The summed E-state index contributed by atoms with van der Waals surface area (Å²) in [6, 6.07) is 17.1. The highest BCUT2D eigenvalue weighted by Gasteiger charge is 2.40. The predicted molar refractivity (Wildman–Crippen MR) is 128 cm³/mol. The molecule has 0 aliphatic carbocycles. The molecule has 0 bridgehead atoms. The molecule has 2 aromatic carbocycles. The molecule has 148 valence electrons. The summed E-state index contributed by atoms with van der Waals surface area (Å²) in [5.41, 5.74) is 4.62. The number of benzene rings is 2. The molecule has 0 radical (unpaired) electrons. The van der Waals surface area contributed by atoms with Crippen molar-refractivity contribution in [3.63, 3.8) is 0 Å². The molecule has 0 saturated heterocycles. The van der Waals surface area contributed by atoms with E-state index in [0.717, 1.165) is 28.0 Å². The molecule has 0 spiro atoms. The van der Waals surface area contributed by atoms with Gasteiger partial charge in [-0.05, 0) is 54.4 Å². The Hall–Kier alpha value is -1.78. The Morgan fingerprint density at radius 1 is 1.07 bits per heavy atom. The number of fused-ring (bicyclic) bond motifs is 1. The molecule has 0 amide bonds. The van der Waals surface area contributed by atoms with Crippen molar-refractivity contribution in [1.82, 2.24) is 4.57 Å². The van der Waals surface area contributed by atoms with Crippen LogP contribution in [0, 0.1) is 0 Å². The molecular weight excluding hydrogens is 426 g/mol. The Balaban J connectivity index is 2.22. The quantitative estimate of drug-likeness (QED) is 0.356. The average molecular weight is 457 g/mol. The summed E-state index contributed by atoms with van der Waals surface area (Å²) in [7, 11) is -2.01. The lowest BCUT2D eigenvalue weighted by molar-refractivity contribution is 0.455. The van der Waals surface area contributed by atoms with Gasteiger partial charge in [-0.3, -0.25) is 0 Å². The van der Waals surface area contributed by atoms with Crippen molar-refractivity contribution in [3.05, 3.63) is 70.7 Å². The number of allylic oxidation sites excluding steroid dienone is 1. The number of hydrogen-bond acceptors (Lipinski definition) is 1. The van der Waals surface area contributed by atoms with E-state index in [-0.39, 0.29) is 5.04 Å². The van der Waals surface area contributed by atoms with Crippen molar-refractivity contribution < 1.29 is 4.43 Å². The first-order chi connectivity index (χ1) is 13.0. The van der Waals surface area contributed by atoms with Crippen LogP contribution >= 0.6 is 15.9 Å². The van der Waals surface area contributed by atoms with E-state index in [9.17, 15) is 0 Å². The molecule has 0 aliphatic heterocycles. The average Bonchev–Trinajstić information content (AvgIpc) is 2.89. The van der Waals surface area contributed by atoms with E-state index in [2.05, 4.69) is 116 Å². The van der Waals surface area contributed by atoms with Gasteiger partial charge in [0.05, 0.1) is 12.1 Å². The lowest BCUT2D eigenvalue weighted by Crippen LogP contribution is -2.44. The van der Waals surface area contributed by atoms with Crippen molar-refractivity contribution in [1.29, 1.82) is 0 Å². The fourth-order valence-electron chi connectivity index (χ4n) is 3.12. The molecule has 28 heavy (non-hydrogen) atoms. The number of rotatable bonds is 5. The second-order valence-corrected chi connectivity index (χ2v) is 14.7. The zero-order chi connectivity index (χ0) is 20.7. The second kappa shape index (κ2) is 7.56. The summed E-state index contributed by atoms with van der Waals surface area (Å²) in [5.74, 6) is 0.961. The fourth-order valence-corrected chi connectivity index (χ4v) is 4.39. The summed E-state index contributed by atoms with van der Waals surface area (Å²) in [6.07, 6.45) is 0. The van der Waals surface area contributed by atoms with Crippen LogP contribution in [0.4, 0.5) is 0 Å². The van der Waals surface area contributed by atoms with Gasteiger partial charge in [-0.1, -0.05) is 73.6 Å². The third-order valence-corrected chi connectivity index (χ3v) is 10.6. The van der Waals surface area contributed by atoms with Crippen LogP contribution < -0.4 is 4.43 Å². The second-order valence-electron chi connectivity index (χ2n) is 9.05. The third kappa shape index (κ3) is 3.99. The van der Waals surface area contributed by atoms with Crippen molar-refractivity contribution in [2.75, 3.05) is 0 Å². The van der Waals surface area contributed by atoms with Crippen LogP contribution in [0.3, 0.4) is 0 Å². The van der Waals surface area contributed by atoms with Gasteiger partial charge in [0.1, 0.15) is 0 Å². The van der Waals surface area contributed by atoms with Crippen molar-refractivity contribution in [2.45, 2.75) is 52.4 Å². The summed E-state index contributed by atoms with van der Waals surface area (Å²) >= 11 is 3.53. The molecule has 0 saturated carbocycles. The monoisotopic (exact) mass is 455 g/mol. The fraction of sp³-hybridized carbons (Fsp3) is 0.333. The largest absolute Gasteiger partial charge is 0.531 e. The highest BCUT2D eigenvalue weighted by atomic mass is 79.9. The Labute approximate surface area is 178 Å². The molecule has 1 aromatic heterocycles. The Bertz CT molecular complexity index is 1010. The minimum Gasteiger partial charge on any atom is -0.531 e. The molecule has 0 N–H and O–H groups in total. The zero-order valence-corrected chi connectivity index (χ0v) is 20.4. The van der Waals surface area contributed by atoms with Gasteiger partial charge in [0, 0.05) is 15.4 Å². The van der Waals surface area contributed by atoms with Crippen LogP contribution in [-0.2, 0) is 6.54 Å². The van der Waals surface area contributed by atoms with Gasteiger partial charge >= 0.3 is 0 Å². The number of para-hydroxylation sites is 1. The van der Waals surface area contributed by atoms with Crippen molar-refractivity contribution >= 4 is 40.7 Å². The maximum Gasteiger partial charge on any atom is 0.252 e. The molecular formula is C24H30BrNOSi. The standard InChI is InChI=1S/C24H30BrNOSi/c1-17(2)22-20-10-8-9-11-21(20)26(16-18-12-14-19(25)15-13-18)23(22)27-28(6,7)24(3,4)5/h8-15H,1,16H2,2-7H3. The molecule has 1 heterocycles. The topological polar surface area (TPSA) is 14.2 Å². The van der Waals surface area contributed by atoms with E-state index in [1.807, 2.05) is 0 Å². The van der Waals surface area contributed by atoms with Gasteiger partial charge < -0.3 is 8.99 Å². The van der Waals surface area contributed by atoms with Gasteiger partial charge in [0.15, 0.2) is 5.88 Å². The van der Waals surface area contributed by atoms with Crippen LogP contribution in [0.1, 0.15) is 38.8 Å². The SMILES string of the molecule is C=C(C)c1c(O[Si](C)(C)C(C)(C)C)n(Cc2ccc(Br)cc2)c2ccccc12. The van der Waals surface area contributed by atoms with Crippen LogP contribution in [-0.4, -0.2) is 12.9 Å². The van der Waals surface area contributed by atoms with E-state index in [4.69, 9.17) is 4.43 Å². The Kier molecular flexibility index (Phi) is 5.66. The highest BCUT2D eigenvalue weighted by Crippen LogP contribution is 2.43. The van der Waals surface area contributed by atoms with Crippen LogP contribution in [0.5, 0.6) is 5.88 Å². The minimum atomic E-state index is -2.01. The summed E-state index contributed by atoms with van der Waals surface area (Å²) in [6.45, 7) is 18.6. The van der Waals surface area contributed by atoms with E-state index in [1.165, 1.54) is 16.5 Å².